The van der Waals surface area contributed by atoms with Crippen LogP contribution in [0.5, 0.6) is 0 Å². The van der Waals surface area contributed by atoms with Crippen molar-refractivity contribution in [1.82, 2.24) is 0 Å². The molecule has 1 aromatic heterocycles. The molecule has 0 N–H and O–H groups in total. The van der Waals surface area contributed by atoms with Crippen molar-refractivity contribution in [3.63, 3.8) is 0 Å². The first-order chi connectivity index (χ1) is 5.20. The molecule has 0 aliphatic rings. The molecular weight excluding hydrogens is 140 g/mol. The Labute approximate surface area is 67.2 Å². The van der Waals surface area contributed by atoms with Gasteiger partial charge in [0.05, 0.1) is 0 Å². The van der Waals surface area contributed by atoms with Crippen LogP contribution >= 0.6 is 0 Å². The van der Waals surface area contributed by atoms with Crippen LogP contribution in [-0.4, -0.2) is 5.78 Å². The molecule has 0 aromatic carbocycles. The van der Waals surface area contributed by atoms with Crippen LogP contribution in [0.1, 0.15) is 37.1 Å². The van der Waals surface area contributed by atoms with E-state index in [0.29, 0.717) is 5.76 Å². The number of aryl methyl sites for hydroxylation is 1. The molecule has 0 bridgehead atoms. The molecule has 1 aromatic rings. The summed E-state index contributed by atoms with van der Waals surface area (Å²) in [6, 6.07) is 3.45. The molecule has 0 aliphatic heterocycles. The van der Waals surface area contributed by atoms with Gasteiger partial charge in [-0.25, -0.2) is 0 Å². The Balaban J connectivity index is 0.000000461. The highest BCUT2D eigenvalue weighted by atomic mass is 16.3. The fraction of sp³-hybridized carbons (Fsp3) is 0.444. The molecule has 1 rings (SSSR count). The molecule has 0 unspecified atom stereocenters. The SMILES string of the molecule is CC.CC(=O)c1ccc(C)o1. The predicted octanol–water partition coefficient (Wildman–Crippen LogP) is 2.82. The molecular formula is C9H14O2. The molecule has 62 valence electrons. The van der Waals surface area contributed by atoms with Gasteiger partial charge >= 0.3 is 0 Å². The molecule has 0 amide bonds. The first-order valence-corrected chi connectivity index (χ1v) is 3.77. The first kappa shape index (κ1) is 9.95. The quantitative estimate of drug-likeness (QED) is 0.582. The van der Waals surface area contributed by atoms with Gasteiger partial charge in [-0.1, -0.05) is 13.8 Å². The third-order valence-corrected chi connectivity index (χ3v) is 1.09. The van der Waals surface area contributed by atoms with Gasteiger partial charge in [0.1, 0.15) is 5.76 Å². The van der Waals surface area contributed by atoms with Gasteiger partial charge in [0, 0.05) is 6.92 Å². The van der Waals surface area contributed by atoms with Gasteiger partial charge in [-0.15, -0.1) is 0 Å². The number of carbonyl (C=O) groups is 1. The van der Waals surface area contributed by atoms with E-state index in [-0.39, 0.29) is 5.78 Å². The van der Waals surface area contributed by atoms with Gasteiger partial charge in [-0.3, -0.25) is 4.79 Å². The Hall–Kier alpha value is -1.05. The first-order valence-electron chi connectivity index (χ1n) is 3.77. The second-order valence-electron chi connectivity index (χ2n) is 1.97. The van der Waals surface area contributed by atoms with E-state index in [1.807, 2.05) is 20.8 Å². The second-order valence-corrected chi connectivity index (χ2v) is 1.97. The van der Waals surface area contributed by atoms with Crippen LogP contribution in [0.25, 0.3) is 0 Å². The molecule has 0 atom stereocenters. The van der Waals surface area contributed by atoms with Crippen molar-refractivity contribution in [3.8, 4) is 0 Å². The van der Waals surface area contributed by atoms with Crippen LogP contribution in [0.4, 0.5) is 0 Å². The van der Waals surface area contributed by atoms with E-state index in [9.17, 15) is 4.79 Å². The third-order valence-electron chi connectivity index (χ3n) is 1.09. The van der Waals surface area contributed by atoms with Crippen LogP contribution in [0, 0.1) is 6.92 Å². The number of ketones is 1. The summed E-state index contributed by atoms with van der Waals surface area (Å²) in [5.41, 5.74) is 0. The van der Waals surface area contributed by atoms with Gasteiger partial charge in [-0.05, 0) is 19.1 Å². The van der Waals surface area contributed by atoms with Crippen LogP contribution < -0.4 is 0 Å². The number of Topliss-reactive ketones (excluding diaryl/α,β-unsaturated/α-hetero) is 1. The van der Waals surface area contributed by atoms with E-state index in [0.717, 1.165) is 5.76 Å². The van der Waals surface area contributed by atoms with Gasteiger partial charge in [0.25, 0.3) is 0 Å². The summed E-state index contributed by atoms with van der Waals surface area (Å²) in [6.07, 6.45) is 0. The largest absolute Gasteiger partial charge is 0.458 e. The second kappa shape index (κ2) is 4.72. The standard InChI is InChI=1S/C7H8O2.C2H6/c1-5-3-4-7(9-5)6(2)8;1-2/h3-4H,1-2H3;1-2H3. The monoisotopic (exact) mass is 154 g/mol. The molecule has 0 aliphatic carbocycles. The van der Waals surface area contributed by atoms with E-state index in [1.54, 1.807) is 12.1 Å². The lowest BCUT2D eigenvalue weighted by molar-refractivity contribution is 0.0986. The van der Waals surface area contributed by atoms with E-state index >= 15 is 0 Å². The molecule has 2 nitrogen and oxygen atoms in total. The third kappa shape index (κ3) is 3.03. The molecule has 0 saturated heterocycles. The maximum atomic E-state index is 10.6. The van der Waals surface area contributed by atoms with Gasteiger partial charge < -0.3 is 4.42 Å². The minimum atomic E-state index is -0.0249. The Morgan fingerprint density at radius 3 is 2.09 bits per heavy atom. The Kier molecular flexibility index (Phi) is 4.27. The smallest absolute Gasteiger partial charge is 0.194 e. The minimum absolute atomic E-state index is 0.0249. The van der Waals surface area contributed by atoms with E-state index in [4.69, 9.17) is 4.42 Å². The average Bonchev–Trinajstić information content (AvgIpc) is 2.40. The van der Waals surface area contributed by atoms with Crippen LogP contribution in [-0.2, 0) is 0 Å². The normalized spacial score (nSPS) is 8.36. The number of hydrogen-bond donors (Lipinski definition) is 0. The zero-order valence-electron chi connectivity index (χ0n) is 7.47. The molecule has 1 heterocycles. The lowest BCUT2D eigenvalue weighted by Crippen LogP contribution is -1.85. The highest BCUT2D eigenvalue weighted by Gasteiger charge is 2.01. The van der Waals surface area contributed by atoms with Crippen molar-refractivity contribution in [3.05, 3.63) is 23.7 Å². The highest BCUT2D eigenvalue weighted by Crippen LogP contribution is 2.05. The predicted molar refractivity (Wildman–Crippen MR) is 44.8 cm³/mol. The van der Waals surface area contributed by atoms with Crippen molar-refractivity contribution < 1.29 is 9.21 Å². The van der Waals surface area contributed by atoms with E-state index in [1.165, 1.54) is 6.92 Å². The van der Waals surface area contributed by atoms with Gasteiger partial charge in [0.2, 0.25) is 0 Å². The van der Waals surface area contributed by atoms with Crippen LogP contribution in [0.3, 0.4) is 0 Å². The van der Waals surface area contributed by atoms with Crippen LogP contribution in [0.2, 0.25) is 0 Å². The fourth-order valence-electron chi connectivity index (χ4n) is 0.624. The molecule has 2 heteroatoms. The minimum Gasteiger partial charge on any atom is -0.458 e. The van der Waals surface area contributed by atoms with Crippen molar-refractivity contribution in [2.24, 2.45) is 0 Å². The van der Waals surface area contributed by atoms with Crippen molar-refractivity contribution >= 4 is 5.78 Å². The van der Waals surface area contributed by atoms with Crippen molar-refractivity contribution in [1.29, 1.82) is 0 Å². The highest BCUT2D eigenvalue weighted by molar-refractivity contribution is 5.91. The zero-order valence-corrected chi connectivity index (χ0v) is 7.47. The topological polar surface area (TPSA) is 30.2 Å². The van der Waals surface area contributed by atoms with E-state index < -0.39 is 0 Å². The van der Waals surface area contributed by atoms with Crippen molar-refractivity contribution in [2.45, 2.75) is 27.7 Å². The average molecular weight is 154 g/mol. The summed E-state index contributed by atoms with van der Waals surface area (Å²) in [6.45, 7) is 7.30. The summed E-state index contributed by atoms with van der Waals surface area (Å²) in [4.78, 5) is 10.6. The van der Waals surface area contributed by atoms with Crippen molar-refractivity contribution in [2.75, 3.05) is 0 Å². The summed E-state index contributed by atoms with van der Waals surface area (Å²) in [5, 5.41) is 0. The van der Waals surface area contributed by atoms with Gasteiger partial charge in [0.15, 0.2) is 11.5 Å². The maximum Gasteiger partial charge on any atom is 0.194 e. The molecule has 0 spiro atoms. The number of hydrogen-bond acceptors (Lipinski definition) is 2. The number of furan rings is 1. The molecule has 11 heavy (non-hydrogen) atoms. The van der Waals surface area contributed by atoms with Gasteiger partial charge in [-0.2, -0.15) is 0 Å². The number of carbonyl (C=O) groups excluding carboxylic acids is 1. The lowest BCUT2D eigenvalue weighted by atomic mass is 10.3. The Bertz CT molecular complexity index is 223. The van der Waals surface area contributed by atoms with E-state index in [2.05, 4.69) is 0 Å². The Morgan fingerprint density at radius 2 is 1.91 bits per heavy atom. The summed E-state index contributed by atoms with van der Waals surface area (Å²) in [7, 11) is 0. The maximum absolute atomic E-state index is 10.6. The summed E-state index contributed by atoms with van der Waals surface area (Å²) in [5.74, 6) is 1.19. The Morgan fingerprint density at radius 1 is 1.36 bits per heavy atom. The van der Waals surface area contributed by atoms with Crippen LogP contribution in [0.15, 0.2) is 16.5 Å². The fourth-order valence-corrected chi connectivity index (χ4v) is 0.624. The lowest BCUT2D eigenvalue weighted by Gasteiger charge is -1.83. The summed E-state index contributed by atoms with van der Waals surface area (Å²) < 4.78 is 5.00. The molecule has 0 fully saturated rings. The number of rotatable bonds is 1. The zero-order chi connectivity index (χ0) is 8.85. The molecule has 0 radical (unpaired) electrons. The molecule has 0 saturated carbocycles. The summed E-state index contributed by atoms with van der Waals surface area (Å²) >= 11 is 0.